The fourth-order valence-electron chi connectivity index (χ4n) is 3.31. The third-order valence-corrected chi connectivity index (χ3v) is 5.82. The Labute approximate surface area is 145 Å². The van der Waals surface area contributed by atoms with E-state index < -0.39 is 0 Å². The molecule has 1 aliphatic heterocycles. The molecule has 1 unspecified atom stereocenters. The van der Waals surface area contributed by atoms with Gasteiger partial charge >= 0.3 is 0 Å². The molecule has 124 valence electrons. The summed E-state index contributed by atoms with van der Waals surface area (Å²) in [5.74, 6) is -0.0359. The lowest BCUT2D eigenvalue weighted by Crippen LogP contribution is -2.44. The number of aromatic nitrogens is 1. The van der Waals surface area contributed by atoms with Gasteiger partial charge in [-0.3, -0.25) is 9.69 Å². The highest BCUT2D eigenvalue weighted by Crippen LogP contribution is 2.25. The fourth-order valence-corrected chi connectivity index (χ4v) is 4.20. The molecule has 1 amide bonds. The molecule has 2 aromatic heterocycles. The number of carbonyl (C=O) groups excluding carboxylic acids is 1. The lowest BCUT2D eigenvalue weighted by atomic mass is 10.1. The van der Waals surface area contributed by atoms with Crippen LogP contribution in [0.4, 0.5) is 0 Å². The summed E-state index contributed by atoms with van der Waals surface area (Å²) < 4.78 is 0. The van der Waals surface area contributed by atoms with Crippen LogP contribution in [0.5, 0.6) is 0 Å². The Morgan fingerprint density at radius 2 is 2.25 bits per heavy atom. The van der Waals surface area contributed by atoms with Gasteiger partial charge in [-0.05, 0) is 42.5 Å². The molecule has 2 N–H and O–H groups in total. The van der Waals surface area contributed by atoms with Gasteiger partial charge in [0.05, 0.1) is 0 Å². The summed E-state index contributed by atoms with van der Waals surface area (Å²) in [4.78, 5) is 19.5. The van der Waals surface area contributed by atoms with Crippen molar-refractivity contribution in [3.8, 4) is 0 Å². The van der Waals surface area contributed by atoms with E-state index in [1.165, 1.54) is 10.4 Å². The van der Waals surface area contributed by atoms with Crippen LogP contribution in [0.2, 0.25) is 0 Å². The summed E-state index contributed by atoms with van der Waals surface area (Å²) in [5.41, 5.74) is 3.07. The maximum atomic E-state index is 12.4. The topological polar surface area (TPSA) is 48.1 Å². The van der Waals surface area contributed by atoms with Crippen LogP contribution in [0, 0.1) is 0 Å². The van der Waals surface area contributed by atoms with Gasteiger partial charge in [0.1, 0.15) is 5.69 Å². The smallest absolute Gasteiger partial charge is 0.267 e. The maximum absolute atomic E-state index is 12.4. The number of rotatable bonds is 4. The van der Waals surface area contributed by atoms with Crippen molar-refractivity contribution < 1.29 is 4.79 Å². The third kappa shape index (κ3) is 2.97. The van der Waals surface area contributed by atoms with Gasteiger partial charge < -0.3 is 10.3 Å². The summed E-state index contributed by atoms with van der Waals surface area (Å²) >= 11 is 1.86. The molecule has 5 heteroatoms. The van der Waals surface area contributed by atoms with Gasteiger partial charge in [-0.1, -0.05) is 18.2 Å². The Balaban J connectivity index is 1.37. The first-order valence-electron chi connectivity index (χ1n) is 8.36. The molecule has 0 radical (unpaired) electrons. The minimum atomic E-state index is -0.0359. The molecule has 4 nitrogen and oxygen atoms in total. The van der Waals surface area contributed by atoms with Gasteiger partial charge in [-0.25, -0.2) is 0 Å². The zero-order valence-corrected chi connectivity index (χ0v) is 14.5. The monoisotopic (exact) mass is 339 g/mol. The Hall–Kier alpha value is -2.11. The van der Waals surface area contributed by atoms with E-state index in [-0.39, 0.29) is 5.91 Å². The highest BCUT2D eigenvalue weighted by atomic mass is 32.1. The molecule has 24 heavy (non-hydrogen) atoms. The van der Waals surface area contributed by atoms with E-state index in [0.29, 0.717) is 18.3 Å². The molecule has 0 aliphatic carbocycles. The number of H-pyrrole nitrogens is 1. The number of aromatic amines is 1. The predicted molar refractivity (Wildman–Crippen MR) is 98.5 cm³/mol. The number of carbonyl (C=O) groups is 1. The molecule has 0 saturated heterocycles. The second-order valence-electron chi connectivity index (χ2n) is 6.42. The number of thiophene rings is 1. The first kappa shape index (κ1) is 15.4. The SMILES string of the molecule is CC(CNC(=O)c1cc2ccccc2[nH]1)N1CCc2sccc2C1. The van der Waals surface area contributed by atoms with E-state index in [0.717, 1.165) is 30.4 Å². The van der Waals surface area contributed by atoms with Gasteiger partial charge in [0.2, 0.25) is 0 Å². The number of nitrogens with one attached hydrogen (secondary N) is 2. The van der Waals surface area contributed by atoms with Crippen LogP contribution in [-0.2, 0) is 13.0 Å². The van der Waals surface area contributed by atoms with Gasteiger partial charge in [-0.2, -0.15) is 0 Å². The summed E-state index contributed by atoms with van der Waals surface area (Å²) in [6.07, 6.45) is 1.12. The third-order valence-electron chi connectivity index (χ3n) is 4.79. The summed E-state index contributed by atoms with van der Waals surface area (Å²) in [7, 11) is 0. The molecule has 0 bridgehead atoms. The Morgan fingerprint density at radius 1 is 1.38 bits per heavy atom. The van der Waals surface area contributed by atoms with E-state index in [9.17, 15) is 4.79 Å². The molecular formula is C19H21N3OS. The highest BCUT2D eigenvalue weighted by Gasteiger charge is 2.22. The van der Waals surface area contributed by atoms with Gasteiger partial charge in [-0.15, -0.1) is 11.3 Å². The average Bonchev–Trinajstić information content (AvgIpc) is 3.24. The Kier molecular flexibility index (Phi) is 4.12. The highest BCUT2D eigenvalue weighted by molar-refractivity contribution is 7.10. The van der Waals surface area contributed by atoms with E-state index >= 15 is 0 Å². The quantitative estimate of drug-likeness (QED) is 0.765. The van der Waals surface area contributed by atoms with Crippen molar-refractivity contribution in [2.45, 2.75) is 25.9 Å². The Bertz CT molecular complexity index is 833. The number of benzene rings is 1. The number of hydrogen-bond acceptors (Lipinski definition) is 3. The molecule has 4 rings (SSSR count). The van der Waals surface area contributed by atoms with Gasteiger partial charge in [0, 0.05) is 41.5 Å². The molecule has 1 aliphatic rings. The number of amides is 1. The normalized spacial score (nSPS) is 16.0. The van der Waals surface area contributed by atoms with Crippen molar-refractivity contribution in [1.82, 2.24) is 15.2 Å². The first-order chi connectivity index (χ1) is 11.7. The van der Waals surface area contributed by atoms with Crippen molar-refractivity contribution in [2.24, 2.45) is 0 Å². The molecule has 3 heterocycles. The van der Waals surface area contributed by atoms with Crippen molar-refractivity contribution in [2.75, 3.05) is 13.1 Å². The minimum absolute atomic E-state index is 0.0359. The maximum Gasteiger partial charge on any atom is 0.267 e. The van der Waals surface area contributed by atoms with E-state index in [1.807, 2.05) is 41.7 Å². The summed E-state index contributed by atoms with van der Waals surface area (Å²) in [5, 5.41) is 6.31. The number of fused-ring (bicyclic) bond motifs is 2. The molecule has 0 spiro atoms. The minimum Gasteiger partial charge on any atom is -0.351 e. The van der Waals surface area contributed by atoms with Gasteiger partial charge in [0.15, 0.2) is 0 Å². The van der Waals surface area contributed by atoms with E-state index in [4.69, 9.17) is 0 Å². The van der Waals surface area contributed by atoms with Crippen molar-refractivity contribution in [3.63, 3.8) is 0 Å². The summed E-state index contributed by atoms with van der Waals surface area (Å²) in [6.45, 7) is 4.90. The zero-order chi connectivity index (χ0) is 16.5. The molecule has 0 fully saturated rings. The standard InChI is InChI=1S/C19H21N3OS/c1-13(22-8-6-18-15(12-22)7-9-24-18)11-20-19(23)17-10-14-4-2-3-5-16(14)21-17/h2-5,7,9-10,13,21H,6,8,11-12H2,1H3,(H,20,23). The fraction of sp³-hybridized carbons (Fsp3) is 0.316. The zero-order valence-electron chi connectivity index (χ0n) is 13.7. The Morgan fingerprint density at radius 3 is 3.12 bits per heavy atom. The average molecular weight is 339 g/mol. The number of hydrogen-bond donors (Lipinski definition) is 2. The number of nitrogens with zero attached hydrogens (tertiary/aromatic N) is 1. The van der Waals surface area contributed by atoms with Crippen LogP contribution >= 0.6 is 11.3 Å². The second kappa shape index (κ2) is 6.42. The van der Waals surface area contributed by atoms with Crippen molar-refractivity contribution >= 4 is 28.1 Å². The first-order valence-corrected chi connectivity index (χ1v) is 9.24. The van der Waals surface area contributed by atoms with Gasteiger partial charge in [0.25, 0.3) is 5.91 Å². The van der Waals surface area contributed by atoms with E-state index in [2.05, 4.69) is 33.6 Å². The van der Waals surface area contributed by atoms with Crippen LogP contribution in [-0.4, -0.2) is 34.9 Å². The molecule has 1 atom stereocenters. The number of para-hydroxylation sites is 1. The van der Waals surface area contributed by atoms with Crippen LogP contribution in [0.15, 0.2) is 41.8 Å². The lowest BCUT2D eigenvalue weighted by molar-refractivity contribution is 0.0928. The largest absolute Gasteiger partial charge is 0.351 e. The molecule has 0 saturated carbocycles. The molecule has 3 aromatic rings. The van der Waals surface area contributed by atoms with Crippen molar-refractivity contribution in [1.29, 1.82) is 0 Å². The lowest BCUT2D eigenvalue weighted by Gasteiger charge is -2.32. The summed E-state index contributed by atoms with van der Waals surface area (Å²) in [6, 6.07) is 12.4. The molecular weight excluding hydrogens is 318 g/mol. The van der Waals surface area contributed by atoms with Crippen LogP contribution in [0.25, 0.3) is 10.9 Å². The van der Waals surface area contributed by atoms with E-state index in [1.54, 1.807) is 0 Å². The van der Waals surface area contributed by atoms with Crippen LogP contribution in [0.3, 0.4) is 0 Å². The molecule has 1 aromatic carbocycles. The van der Waals surface area contributed by atoms with Crippen LogP contribution in [0.1, 0.15) is 27.9 Å². The second-order valence-corrected chi connectivity index (χ2v) is 7.42. The van der Waals surface area contributed by atoms with Crippen LogP contribution < -0.4 is 5.32 Å². The predicted octanol–water partition coefficient (Wildman–Crippen LogP) is 3.41. The van der Waals surface area contributed by atoms with Crippen molar-refractivity contribution in [3.05, 3.63) is 57.9 Å².